The van der Waals surface area contributed by atoms with Crippen molar-refractivity contribution < 1.29 is 14.3 Å². The van der Waals surface area contributed by atoms with E-state index in [1.54, 1.807) is 29.7 Å². The Morgan fingerprint density at radius 2 is 1.89 bits per heavy atom. The van der Waals surface area contributed by atoms with E-state index in [2.05, 4.69) is 4.98 Å². The van der Waals surface area contributed by atoms with Crippen LogP contribution in [-0.2, 0) is 16.1 Å². The Hall–Kier alpha value is -2.70. The first kappa shape index (κ1) is 20.0. The van der Waals surface area contributed by atoms with Crippen LogP contribution < -0.4 is 5.56 Å². The van der Waals surface area contributed by atoms with E-state index >= 15 is 0 Å². The van der Waals surface area contributed by atoms with Crippen LogP contribution in [0.3, 0.4) is 0 Å². The summed E-state index contributed by atoms with van der Waals surface area (Å²) in [6.07, 6.45) is 3.05. The second kappa shape index (κ2) is 8.12. The van der Waals surface area contributed by atoms with Crippen LogP contribution in [0.25, 0.3) is 11.0 Å². The number of likely N-dealkylation sites (tertiary alicyclic amines) is 1. The molecule has 0 spiro atoms. The summed E-state index contributed by atoms with van der Waals surface area (Å²) in [6, 6.07) is 5.22. The summed E-state index contributed by atoms with van der Waals surface area (Å²) < 4.78 is 6.89. The molecule has 3 rings (SSSR count). The molecule has 150 valence electrons. The van der Waals surface area contributed by atoms with E-state index in [9.17, 15) is 14.4 Å². The van der Waals surface area contributed by atoms with Crippen molar-refractivity contribution in [3.8, 4) is 0 Å². The largest absolute Gasteiger partial charge is 0.452 e. The highest BCUT2D eigenvalue weighted by Crippen LogP contribution is 2.22. The Labute approximate surface area is 164 Å². The van der Waals surface area contributed by atoms with Crippen molar-refractivity contribution in [2.45, 2.75) is 65.6 Å². The summed E-state index contributed by atoms with van der Waals surface area (Å²) >= 11 is 0. The van der Waals surface area contributed by atoms with Crippen LogP contribution in [0.5, 0.6) is 0 Å². The van der Waals surface area contributed by atoms with Gasteiger partial charge in [0.15, 0.2) is 6.61 Å². The Morgan fingerprint density at radius 3 is 2.54 bits per heavy atom. The minimum Gasteiger partial charge on any atom is -0.452 e. The number of rotatable bonds is 4. The molecule has 1 saturated heterocycles. The maximum atomic E-state index is 12.5. The molecule has 0 aliphatic carbocycles. The number of fused-ring (bicyclic) bond motifs is 1. The van der Waals surface area contributed by atoms with Crippen LogP contribution in [0, 0.1) is 6.92 Å². The minimum atomic E-state index is -0.568. The van der Waals surface area contributed by atoms with Gasteiger partial charge in [0.25, 0.3) is 11.5 Å². The van der Waals surface area contributed by atoms with Gasteiger partial charge in [0.05, 0.1) is 16.6 Å². The van der Waals surface area contributed by atoms with Gasteiger partial charge in [-0.25, -0.2) is 9.78 Å². The third-order valence-electron chi connectivity index (χ3n) is 5.47. The summed E-state index contributed by atoms with van der Waals surface area (Å²) in [5, 5.41) is 0. The van der Waals surface area contributed by atoms with Crippen molar-refractivity contribution in [3.05, 3.63) is 39.8 Å². The minimum absolute atomic E-state index is 0.138. The van der Waals surface area contributed by atoms with Crippen molar-refractivity contribution in [2.75, 3.05) is 6.61 Å². The first-order valence-electron chi connectivity index (χ1n) is 9.83. The molecule has 7 nitrogen and oxygen atoms in total. The fourth-order valence-corrected chi connectivity index (χ4v) is 4.01. The van der Waals surface area contributed by atoms with E-state index in [0.29, 0.717) is 28.8 Å². The van der Waals surface area contributed by atoms with Crippen LogP contribution >= 0.6 is 0 Å². The second-order valence-corrected chi connectivity index (χ2v) is 7.46. The van der Waals surface area contributed by atoms with Gasteiger partial charge in [-0.3, -0.25) is 9.59 Å². The summed E-state index contributed by atoms with van der Waals surface area (Å²) in [5.74, 6) is -0.733. The number of ether oxygens (including phenoxy) is 1. The van der Waals surface area contributed by atoms with Gasteiger partial charge in [-0.2, -0.15) is 0 Å². The van der Waals surface area contributed by atoms with Crippen molar-refractivity contribution in [2.24, 2.45) is 0 Å². The molecule has 1 aliphatic rings. The number of nitrogens with zero attached hydrogens (tertiary/aromatic N) is 3. The zero-order valence-electron chi connectivity index (χ0n) is 16.9. The molecular formula is C21H27N3O4. The first-order valence-corrected chi connectivity index (χ1v) is 9.83. The average molecular weight is 385 g/mol. The number of carbonyl (C=O) groups excluding carboxylic acids is 2. The molecule has 0 N–H and O–H groups in total. The molecule has 1 aliphatic heterocycles. The lowest BCUT2D eigenvalue weighted by Gasteiger charge is -2.38. The molecule has 0 bridgehead atoms. The summed E-state index contributed by atoms with van der Waals surface area (Å²) in [6.45, 7) is 7.84. The molecule has 1 fully saturated rings. The summed E-state index contributed by atoms with van der Waals surface area (Å²) in [7, 11) is 0. The van der Waals surface area contributed by atoms with Gasteiger partial charge in [0, 0.05) is 18.6 Å². The van der Waals surface area contributed by atoms with Crippen LogP contribution in [0.15, 0.2) is 23.0 Å². The predicted molar refractivity (Wildman–Crippen MR) is 106 cm³/mol. The number of aromatic nitrogens is 2. The van der Waals surface area contributed by atoms with E-state index < -0.39 is 5.97 Å². The summed E-state index contributed by atoms with van der Waals surface area (Å²) in [4.78, 5) is 43.3. The van der Waals surface area contributed by atoms with Crippen molar-refractivity contribution in [1.82, 2.24) is 14.5 Å². The van der Waals surface area contributed by atoms with Crippen LogP contribution in [0.4, 0.5) is 0 Å². The topological polar surface area (TPSA) is 81.5 Å². The monoisotopic (exact) mass is 385 g/mol. The molecule has 1 aromatic heterocycles. The Balaban J connectivity index is 1.76. The normalized spacial score (nSPS) is 19.6. The van der Waals surface area contributed by atoms with Crippen LogP contribution in [-0.4, -0.2) is 45.0 Å². The Bertz CT molecular complexity index is 956. The number of amides is 1. The highest BCUT2D eigenvalue weighted by molar-refractivity contribution is 5.94. The average Bonchev–Trinajstić information content (AvgIpc) is 2.66. The van der Waals surface area contributed by atoms with E-state index in [4.69, 9.17) is 4.74 Å². The highest BCUT2D eigenvalue weighted by Gasteiger charge is 2.29. The summed E-state index contributed by atoms with van der Waals surface area (Å²) in [5.41, 5.74) is 1.77. The molecule has 0 radical (unpaired) electrons. The molecule has 1 aromatic carbocycles. The van der Waals surface area contributed by atoms with Gasteiger partial charge in [0.1, 0.15) is 5.69 Å². The number of carbonyl (C=O) groups is 2. The predicted octanol–water partition coefficient (Wildman–Crippen LogP) is 2.67. The van der Waals surface area contributed by atoms with E-state index in [1.807, 2.05) is 25.7 Å². The van der Waals surface area contributed by atoms with E-state index in [1.165, 1.54) is 0 Å². The Morgan fingerprint density at radius 1 is 1.21 bits per heavy atom. The van der Waals surface area contributed by atoms with E-state index in [-0.39, 0.29) is 30.2 Å². The molecule has 2 aromatic rings. The lowest BCUT2D eigenvalue weighted by molar-refractivity contribution is -0.140. The van der Waals surface area contributed by atoms with Gasteiger partial charge in [-0.15, -0.1) is 0 Å². The van der Waals surface area contributed by atoms with Gasteiger partial charge >= 0.3 is 5.97 Å². The number of hydrogen-bond donors (Lipinski definition) is 0. The lowest BCUT2D eigenvalue weighted by Crippen LogP contribution is -2.49. The third-order valence-corrected chi connectivity index (χ3v) is 5.47. The number of esters is 1. The zero-order valence-corrected chi connectivity index (χ0v) is 16.9. The fourth-order valence-electron chi connectivity index (χ4n) is 4.01. The van der Waals surface area contributed by atoms with Gasteiger partial charge in [-0.05, 0) is 65.2 Å². The quantitative estimate of drug-likeness (QED) is 0.756. The molecule has 0 saturated carbocycles. The third kappa shape index (κ3) is 3.79. The molecular weight excluding hydrogens is 358 g/mol. The van der Waals surface area contributed by atoms with Crippen molar-refractivity contribution >= 4 is 22.9 Å². The standard InChI is InChI=1S/C21H27N3O4/c1-5-23-18-10-9-16(11-17(18)22-15(4)20(23)26)21(27)28-12-19(25)24-13(2)7-6-8-14(24)3/h9-11,13-14H,5-8,12H2,1-4H3/t13-,14+. The molecule has 0 unspecified atom stereocenters. The van der Waals surface area contributed by atoms with Gasteiger partial charge < -0.3 is 14.2 Å². The SMILES string of the molecule is CCn1c(=O)c(C)nc2cc(C(=O)OCC(=O)N3[C@H](C)CCC[C@@H]3C)ccc21. The van der Waals surface area contributed by atoms with Crippen LogP contribution in [0.2, 0.25) is 0 Å². The smallest absolute Gasteiger partial charge is 0.338 e. The van der Waals surface area contributed by atoms with Crippen molar-refractivity contribution in [3.63, 3.8) is 0 Å². The number of benzene rings is 1. The zero-order chi connectivity index (χ0) is 20.4. The first-order chi connectivity index (χ1) is 13.3. The maximum Gasteiger partial charge on any atom is 0.338 e. The fraction of sp³-hybridized carbons (Fsp3) is 0.524. The lowest BCUT2D eigenvalue weighted by atomic mass is 9.97. The van der Waals surface area contributed by atoms with E-state index in [0.717, 1.165) is 19.3 Å². The van der Waals surface area contributed by atoms with Gasteiger partial charge in [-0.1, -0.05) is 0 Å². The number of piperidine rings is 1. The molecule has 2 atom stereocenters. The highest BCUT2D eigenvalue weighted by atomic mass is 16.5. The molecule has 7 heteroatoms. The van der Waals surface area contributed by atoms with Gasteiger partial charge in [0.2, 0.25) is 0 Å². The second-order valence-electron chi connectivity index (χ2n) is 7.46. The maximum absolute atomic E-state index is 12.5. The van der Waals surface area contributed by atoms with Crippen molar-refractivity contribution in [1.29, 1.82) is 0 Å². The Kier molecular flexibility index (Phi) is 5.82. The number of aryl methyl sites for hydroxylation is 2. The molecule has 1 amide bonds. The number of hydrogen-bond acceptors (Lipinski definition) is 5. The van der Waals surface area contributed by atoms with Crippen LogP contribution in [0.1, 0.15) is 56.1 Å². The molecule has 2 heterocycles. The molecule has 28 heavy (non-hydrogen) atoms.